The van der Waals surface area contributed by atoms with E-state index in [2.05, 4.69) is 48.1 Å². The number of aliphatic imine (C=N–C) groups is 1. The molecule has 21 heavy (non-hydrogen) atoms. The van der Waals surface area contributed by atoms with E-state index in [4.69, 9.17) is 0 Å². The Morgan fingerprint density at radius 2 is 1.86 bits per heavy atom. The molecule has 1 aliphatic heterocycles. The van der Waals surface area contributed by atoms with Gasteiger partial charge in [0.15, 0.2) is 5.96 Å². The molecule has 1 aliphatic carbocycles. The molecule has 2 rings (SSSR count). The number of nitrogens with one attached hydrogen (secondary N) is 1. The molecule has 1 heterocycles. The summed E-state index contributed by atoms with van der Waals surface area (Å²) in [5.41, 5.74) is 0.727. The fraction of sp³-hybridized carbons (Fsp3) is 0.941. The molecule has 122 valence electrons. The molecule has 1 N–H and O–H groups in total. The van der Waals surface area contributed by atoms with Crippen molar-refractivity contribution in [1.82, 2.24) is 15.1 Å². The second-order valence-electron chi connectivity index (χ2n) is 7.84. The summed E-state index contributed by atoms with van der Waals surface area (Å²) in [6, 6.07) is 0. The number of hydrogen-bond donors (Lipinski definition) is 1. The molecular formula is C17H34N4. The van der Waals surface area contributed by atoms with E-state index in [0.29, 0.717) is 5.41 Å². The van der Waals surface area contributed by atoms with Gasteiger partial charge in [-0.25, -0.2) is 0 Å². The Bertz CT molecular complexity index is 367. The summed E-state index contributed by atoms with van der Waals surface area (Å²) in [5, 5.41) is 3.59. The molecule has 2 fully saturated rings. The van der Waals surface area contributed by atoms with Gasteiger partial charge in [0, 0.05) is 32.2 Å². The van der Waals surface area contributed by atoms with Crippen LogP contribution in [0.3, 0.4) is 0 Å². The molecule has 0 atom stereocenters. The van der Waals surface area contributed by atoms with Gasteiger partial charge < -0.3 is 15.1 Å². The first-order valence-electron chi connectivity index (χ1n) is 8.52. The Morgan fingerprint density at radius 3 is 2.43 bits per heavy atom. The van der Waals surface area contributed by atoms with Crippen molar-refractivity contribution in [2.45, 2.75) is 57.9 Å². The molecule has 1 saturated carbocycles. The SMILES string of the molecule is CN=C(NCC(C)(C)N(C)C)N1CCC2(CCCCC2)C1. The van der Waals surface area contributed by atoms with E-state index in [1.54, 1.807) is 0 Å². The molecule has 4 heteroatoms. The van der Waals surface area contributed by atoms with E-state index in [0.717, 1.165) is 12.5 Å². The monoisotopic (exact) mass is 294 g/mol. The maximum atomic E-state index is 4.52. The second-order valence-corrected chi connectivity index (χ2v) is 7.84. The molecule has 0 aromatic rings. The third kappa shape index (κ3) is 3.91. The third-order valence-electron chi connectivity index (χ3n) is 5.75. The fourth-order valence-corrected chi connectivity index (χ4v) is 3.61. The van der Waals surface area contributed by atoms with Crippen molar-refractivity contribution in [3.05, 3.63) is 0 Å². The fourth-order valence-electron chi connectivity index (χ4n) is 3.61. The molecule has 0 radical (unpaired) electrons. The topological polar surface area (TPSA) is 30.9 Å². The van der Waals surface area contributed by atoms with Gasteiger partial charge in [0.1, 0.15) is 0 Å². The Morgan fingerprint density at radius 1 is 1.19 bits per heavy atom. The van der Waals surface area contributed by atoms with Crippen LogP contribution in [-0.4, -0.2) is 62.1 Å². The zero-order chi connectivity index (χ0) is 15.5. The first-order chi connectivity index (χ1) is 9.88. The number of hydrogen-bond acceptors (Lipinski definition) is 2. The van der Waals surface area contributed by atoms with Crippen LogP contribution in [0.4, 0.5) is 0 Å². The minimum absolute atomic E-state index is 0.137. The number of guanidine groups is 1. The van der Waals surface area contributed by atoms with Gasteiger partial charge in [0.2, 0.25) is 0 Å². The molecule has 2 aliphatic rings. The standard InChI is InChI=1S/C17H34N4/c1-16(2,20(4)5)13-19-15(18-3)21-12-11-17(14-21)9-7-6-8-10-17/h6-14H2,1-5H3,(H,18,19). The summed E-state index contributed by atoms with van der Waals surface area (Å²) in [5.74, 6) is 1.09. The van der Waals surface area contributed by atoms with Gasteiger partial charge in [0.05, 0.1) is 0 Å². The van der Waals surface area contributed by atoms with Crippen molar-refractivity contribution in [1.29, 1.82) is 0 Å². The van der Waals surface area contributed by atoms with E-state index in [1.165, 1.54) is 51.6 Å². The van der Waals surface area contributed by atoms with Crippen molar-refractivity contribution in [2.24, 2.45) is 10.4 Å². The molecule has 0 aromatic heterocycles. The molecular weight excluding hydrogens is 260 g/mol. The Hall–Kier alpha value is -0.770. The van der Waals surface area contributed by atoms with Gasteiger partial charge in [0.25, 0.3) is 0 Å². The highest BCUT2D eigenvalue weighted by atomic mass is 15.3. The summed E-state index contributed by atoms with van der Waals surface area (Å²) in [4.78, 5) is 9.27. The lowest BCUT2D eigenvalue weighted by molar-refractivity contribution is 0.192. The molecule has 1 saturated heterocycles. The quantitative estimate of drug-likeness (QED) is 0.641. The lowest BCUT2D eigenvalue weighted by Crippen LogP contribution is -2.51. The van der Waals surface area contributed by atoms with Crippen LogP contribution in [0.15, 0.2) is 4.99 Å². The van der Waals surface area contributed by atoms with Gasteiger partial charge in [-0.2, -0.15) is 0 Å². The average molecular weight is 294 g/mol. The summed E-state index contributed by atoms with van der Waals surface area (Å²) in [6.07, 6.45) is 8.48. The summed E-state index contributed by atoms with van der Waals surface area (Å²) >= 11 is 0. The minimum atomic E-state index is 0.137. The zero-order valence-corrected chi connectivity index (χ0v) is 14.7. The van der Waals surface area contributed by atoms with Crippen molar-refractivity contribution >= 4 is 5.96 Å². The molecule has 0 unspecified atom stereocenters. The van der Waals surface area contributed by atoms with Crippen molar-refractivity contribution in [3.63, 3.8) is 0 Å². The number of rotatable bonds is 3. The van der Waals surface area contributed by atoms with Crippen molar-refractivity contribution in [3.8, 4) is 0 Å². The van der Waals surface area contributed by atoms with Crippen LogP contribution in [0.5, 0.6) is 0 Å². The largest absolute Gasteiger partial charge is 0.354 e. The van der Waals surface area contributed by atoms with Crippen molar-refractivity contribution < 1.29 is 0 Å². The maximum absolute atomic E-state index is 4.52. The van der Waals surface area contributed by atoms with Gasteiger partial charge in [-0.3, -0.25) is 4.99 Å². The number of likely N-dealkylation sites (tertiary alicyclic amines) is 1. The van der Waals surface area contributed by atoms with E-state index < -0.39 is 0 Å². The Kier molecular flexibility index (Phi) is 5.18. The molecule has 0 amide bonds. The number of nitrogens with zero attached hydrogens (tertiary/aromatic N) is 3. The van der Waals surface area contributed by atoms with Crippen LogP contribution in [0.2, 0.25) is 0 Å². The van der Waals surface area contributed by atoms with Crippen LogP contribution in [0.25, 0.3) is 0 Å². The highest BCUT2D eigenvalue weighted by Gasteiger charge is 2.39. The molecule has 0 aromatic carbocycles. The average Bonchev–Trinajstić information content (AvgIpc) is 2.84. The van der Waals surface area contributed by atoms with Gasteiger partial charge in [-0.15, -0.1) is 0 Å². The smallest absolute Gasteiger partial charge is 0.193 e. The van der Waals surface area contributed by atoms with Crippen LogP contribution < -0.4 is 5.32 Å². The van der Waals surface area contributed by atoms with Gasteiger partial charge in [-0.05, 0) is 52.6 Å². The van der Waals surface area contributed by atoms with E-state index >= 15 is 0 Å². The van der Waals surface area contributed by atoms with E-state index in [-0.39, 0.29) is 5.54 Å². The molecule has 1 spiro atoms. The summed E-state index contributed by atoms with van der Waals surface area (Å²) in [7, 11) is 6.19. The first kappa shape index (κ1) is 16.6. The summed E-state index contributed by atoms with van der Waals surface area (Å²) in [6.45, 7) is 7.83. The van der Waals surface area contributed by atoms with Crippen LogP contribution in [-0.2, 0) is 0 Å². The van der Waals surface area contributed by atoms with Gasteiger partial charge >= 0.3 is 0 Å². The highest BCUT2D eigenvalue weighted by Crippen LogP contribution is 2.43. The van der Waals surface area contributed by atoms with Crippen molar-refractivity contribution in [2.75, 3.05) is 40.8 Å². The number of likely N-dealkylation sites (N-methyl/N-ethyl adjacent to an activating group) is 1. The Balaban J connectivity index is 1.91. The lowest BCUT2D eigenvalue weighted by atomic mass is 9.73. The lowest BCUT2D eigenvalue weighted by Gasteiger charge is -2.36. The third-order valence-corrected chi connectivity index (χ3v) is 5.75. The van der Waals surface area contributed by atoms with Gasteiger partial charge in [-0.1, -0.05) is 19.3 Å². The summed E-state index contributed by atoms with van der Waals surface area (Å²) < 4.78 is 0. The predicted octanol–water partition coefficient (Wildman–Crippen LogP) is 2.56. The highest BCUT2D eigenvalue weighted by molar-refractivity contribution is 5.80. The first-order valence-corrected chi connectivity index (χ1v) is 8.52. The zero-order valence-electron chi connectivity index (χ0n) is 14.7. The second kappa shape index (κ2) is 6.55. The van der Waals surface area contributed by atoms with Crippen LogP contribution >= 0.6 is 0 Å². The van der Waals surface area contributed by atoms with Crippen LogP contribution in [0, 0.1) is 5.41 Å². The van der Waals surface area contributed by atoms with Crippen LogP contribution in [0.1, 0.15) is 52.4 Å². The predicted molar refractivity (Wildman–Crippen MR) is 90.8 cm³/mol. The molecule has 0 bridgehead atoms. The Labute approximate surface area is 131 Å². The minimum Gasteiger partial charge on any atom is -0.354 e. The normalized spacial score (nSPS) is 23.1. The molecule has 4 nitrogen and oxygen atoms in total. The van der Waals surface area contributed by atoms with E-state index in [1.807, 2.05) is 7.05 Å². The van der Waals surface area contributed by atoms with E-state index in [9.17, 15) is 0 Å². The maximum Gasteiger partial charge on any atom is 0.193 e.